The molecule has 3 aliphatic rings. The van der Waals surface area contributed by atoms with Gasteiger partial charge in [0.05, 0.1) is 12.2 Å². The van der Waals surface area contributed by atoms with Crippen LogP contribution in [0.1, 0.15) is 52.9 Å². The fourth-order valence-electron chi connectivity index (χ4n) is 3.98. The highest BCUT2D eigenvalue weighted by Gasteiger charge is 2.46. The second-order valence-corrected chi connectivity index (χ2v) is 7.21. The molecule has 3 fully saturated rings. The average molecular weight is 266 g/mol. The van der Waals surface area contributed by atoms with Gasteiger partial charge >= 0.3 is 0 Å². The lowest BCUT2D eigenvalue weighted by Crippen LogP contribution is -2.64. The Labute approximate surface area is 118 Å². The summed E-state index contributed by atoms with van der Waals surface area (Å²) < 4.78 is 6.04. The van der Waals surface area contributed by atoms with Gasteiger partial charge in [0.2, 0.25) is 0 Å². The number of hydrogen-bond donors (Lipinski definition) is 1. The van der Waals surface area contributed by atoms with Crippen LogP contribution in [0.2, 0.25) is 0 Å². The van der Waals surface area contributed by atoms with Gasteiger partial charge in [0.15, 0.2) is 0 Å². The van der Waals surface area contributed by atoms with Crippen molar-refractivity contribution in [1.29, 1.82) is 0 Å². The van der Waals surface area contributed by atoms with E-state index >= 15 is 0 Å². The monoisotopic (exact) mass is 266 g/mol. The summed E-state index contributed by atoms with van der Waals surface area (Å²) in [6, 6.07) is 0.700. The molecule has 2 aliphatic heterocycles. The summed E-state index contributed by atoms with van der Waals surface area (Å²) in [5.41, 5.74) is 0.357. The Morgan fingerprint density at radius 3 is 2.63 bits per heavy atom. The normalized spacial score (nSPS) is 44.7. The molecule has 2 saturated heterocycles. The number of nitrogens with one attached hydrogen (secondary N) is 1. The van der Waals surface area contributed by atoms with Gasteiger partial charge in [-0.3, -0.25) is 4.90 Å². The molecule has 0 radical (unpaired) electrons. The predicted octanol–water partition coefficient (Wildman–Crippen LogP) is 2.41. The van der Waals surface area contributed by atoms with Crippen molar-refractivity contribution in [3.05, 3.63) is 0 Å². The highest BCUT2D eigenvalue weighted by atomic mass is 16.5. The Kier molecular flexibility index (Phi) is 3.89. The molecule has 0 bridgehead atoms. The molecule has 110 valence electrons. The molecule has 3 heteroatoms. The van der Waals surface area contributed by atoms with Crippen molar-refractivity contribution in [3.63, 3.8) is 0 Å². The average Bonchev–Trinajstić information content (AvgIpc) is 3.16. The van der Waals surface area contributed by atoms with Crippen molar-refractivity contribution in [1.82, 2.24) is 10.2 Å². The Bertz CT molecular complexity index is 318. The zero-order chi connectivity index (χ0) is 13.5. The molecule has 0 aromatic carbocycles. The lowest BCUT2D eigenvalue weighted by Gasteiger charge is -2.47. The first-order valence-corrected chi connectivity index (χ1v) is 8.25. The number of nitrogens with zero attached hydrogens (tertiary/aromatic N) is 1. The van der Waals surface area contributed by atoms with Crippen molar-refractivity contribution >= 4 is 0 Å². The van der Waals surface area contributed by atoms with Crippen LogP contribution in [0.25, 0.3) is 0 Å². The molecular weight excluding hydrogens is 236 g/mol. The molecule has 2 heterocycles. The third-order valence-corrected chi connectivity index (χ3v) is 5.50. The molecule has 1 saturated carbocycles. The molecule has 4 atom stereocenters. The number of hydrogen-bond acceptors (Lipinski definition) is 3. The molecule has 4 unspecified atom stereocenters. The van der Waals surface area contributed by atoms with Gasteiger partial charge in [-0.15, -0.1) is 0 Å². The largest absolute Gasteiger partial charge is 0.374 e. The minimum absolute atomic E-state index is 0.357. The van der Waals surface area contributed by atoms with E-state index in [1.54, 1.807) is 0 Å². The first-order chi connectivity index (χ1) is 9.10. The standard InChI is InChI=1S/C16H30N2O/c1-4-14-9-17-16(3,13-6-7-13)11-18(14)10-15-8-5-12(2)19-15/h12-15,17H,4-11H2,1-3H3. The molecule has 0 amide bonds. The summed E-state index contributed by atoms with van der Waals surface area (Å²) in [6.07, 6.45) is 7.54. The van der Waals surface area contributed by atoms with E-state index in [1.165, 1.54) is 38.6 Å². The third-order valence-electron chi connectivity index (χ3n) is 5.50. The molecule has 19 heavy (non-hydrogen) atoms. The van der Waals surface area contributed by atoms with E-state index in [1.807, 2.05) is 0 Å². The Morgan fingerprint density at radius 2 is 2.05 bits per heavy atom. The lowest BCUT2D eigenvalue weighted by molar-refractivity contribution is -0.00342. The van der Waals surface area contributed by atoms with E-state index in [9.17, 15) is 0 Å². The summed E-state index contributed by atoms with van der Waals surface area (Å²) in [4.78, 5) is 2.72. The molecule has 3 nitrogen and oxygen atoms in total. The van der Waals surface area contributed by atoms with Crippen LogP contribution in [0.4, 0.5) is 0 Å². The van der Waals surface area contributed by atoms with E-state index in [4.69, 9.17) is 4.74 Å². The van der Waals surface area contributed by atoms with Crippen LogP contribution in [-0.2, 0) is 4.74 Å². The topological polar surface area (TPSA) is 24.5 Å². The maximum absolute atomic E-state index is 6.04. The third kappa shape index (κ3) is 2.98. The second kappa shape index (κ2) is 5.34. The minimum atomic E-state index is 0.357. The van der Waals surface area contributed by atoms with Gasteiger partial charge in [-0.25, -0.2) is 0 Å². The van der Waals surface area contributed by atoms with Crippen LogP contribution in [0, 0.1) is 5.92 Å². The molecular formula is C16H30N2O. The number of piperazine rings is 1. The van der Waals surface area contributed by atoms with Crippen LogP contribution >= 0.6 is 0 Å². The van der Waals surface area contributed by atoms with E-state index < -0.39 is 0 Å². The zero-order valence-electron chi connectivity index (χ0n) is 12.8. The van der Waals surface area contributed by atoms with E-state index in [0.717, 1.165) is 19.0 Å². The van der Waals surface area contributed by atoms with Gasteiger partial charge < -0.3 is 10.1 Å². The molecule has 0 aromatic heterocycles. The van der Waals surface area contributed by atoms with Crippen molar-refractivity contribution < 1.29 is 4.74 Å². The SMILES string of the molecule is CCC1CNC(C)(C2CC2)CN1CC1CCC(C)O1. The number of ether oxygens (including phenoxy) is 1. The first-order valence-electron chi connectivity index (χ1n) is 8.25. The Hall–Kier alpha value is -0.120. The quantitative estimate of drug-likeness (QED) is 0.845. The number of rotatable bonds is 4. The summed E-state index contributed by atoms with van der Waals surface area (Å²) >= 11 is 0. The maximum Gasteiger partial charge on any atom is 0.0706 e. The van der Waals surface area contributed by atoms with E-state index in [2.05, 4.69) is 31.0 Å². The lowest BCUT2D eigenvalue weighted by atomic mass is 9.90. The Balaban J connectivity index is 1.62. The van der Waals surface area contributed by atoms with Gasteiger partial charge in [-0.2, -0.15) is 0 Å². The van der Waals surface area contributed by atoms with Crippen molar-refractivity contribution in [2.24, 2.45) is 5.92 Å². The second-order valence-electron chi connectivity index (χ2n) is 7.21. The molecule has 1 aliphatic carbocycles. The first kappa shape index (κ1) is 13.8. The summed E-state index contributed by atoms with van der Waals surface area (Å²) in [6.45, 7) is 10.5. The zero-order valence-corrected chi connectivity index (χ0v) is 12.8. The van der Waals surface area contributed by atoms with Gasteiger partial charge in [0.1, 0.15) is 0 Å². The van der Waals surface area contributed by atoms with Gasteiger partial charge in [0.25, 0.3) is 0 Å². The van der Waals surface area contributed by atoms with Crippen LogP contribution in [0.5, 0.6) is 0 Å². The summed E-state index contributed by atoms with van der Waals surface area (Å²) in [7, 11) is 0. The van der Waals surface area contributed by atoms with Crippen molar-refractivity contribution in [3.8, 4) is 0 Å². The van der Waals surface area contributed by atoms with Crippen LogP contribution in [-0.4, -0.2) is 48.3 Å². The summed E-state index contributed by atoms with van der Waals surface area (Å²) in [5.74, 6) is 0.913. The fraction of sp³-hybridized carbons (Fsp3) is 1.00. The van der Waals surface area contributed by atoms with E-state index in [0.29, 0.717) is 23.8 Å². The van der Waals surface area contributed by atoms with Crippen LogP contribution in [0.15, 0.2) is 0 Å². The highest BCUT2D eigenvalue weighted by Crippen LogP contribution is 2.41. The van der Waals surface area contributed by atoms with Gasteiger partial charge in [-0.05, 0) is 51.9 Å². The highest BCUT2D eigenvalue weighted by molar-refractivity contribution is 5.04. The molecule has 0 spiro atoms. The van der Waals surface area contributed by atoms with E-state index in [-0.39, 0.29) is 0 Å². The molecule has 0 aromatic rings. The van der Waals surface area contributed by atoms with Crippen LogP contribution < -0.4 is 5.32 Å². The van der Waals surface area contributed by atoms with Gasteiger partial charge in [0, 0.05) is 31.2 Å². The smallest absolute Gasteiger partial charge is 0.0706 e. The summed E-state index contributed by atoms with van der Waals surface area (Å²) in [5, 5.41) is 3.84. The fourth-order valence-corrected chi connectivity index (χ4v) is 3.98. The predicted molar refractivity (Wildman–Crippen MR) is 78.4 cm³/mol. The Morgan fingerprint density at radius 1 is 1.26 bits per heavy atom. The minimum Gasteiger partial charge on any atom is -0.374 e. The maximum atomic E-state index is 6.04. The molecule has 3 rings (SSSR count). The van der Waals surface area contributed by atoms with Crippen LogP contribution in [0.3, 0.4) is 0 Å². The van der Waals surface area contributed by atoms with Gasteiger partial charge in [-0.1, -0.05) is 6.92 Å². The van der Waals surface area contributed by atoms with Crippen molar-refractivity contribution in [2.75, 3.05) is 19.6 Å². The van der Waals surface area contributed by atoms with Crippen molar-refractivity contribution in [2.45, 2.75) is 76.7 Å². The molecule has 1 N–H and O–H groups in total.